The largest absolute Gasteiger partial charge is 0.317 e. The van der Waals surface area contributed by atoms with Crippen LogP contribution in [0, 0.1) is 11.3 Å². The summed E-state index contributed by atoms with van der Waals surface area (Å²) in [7, 11) is 0. The van der Waals surface area contributed by atoms with Gasteiger partial charge in [0.15, 0.2) is 0 Å². The molecule has 2 aromatic heterocycles. The number of hydrogen-bond acceptors (Lipinski definition) is 6. The van der Waals surface area contributed by atoms with Gasteiger partial charge in [-0.2, -0.15) is 10.4 Å². The monoisotopic (exact) mass is 316 g/mol. The Hall–Kier alpha value is -2.24. The zero-order valence-electron chi connectivity index (χ0n) is 12.0. The summed E-state index contributed by atoms with van der Waals surface area (Å²) in [6, 6.07) is 4.08. The molecule has 1 amide bonds. The quantitative estimate of drug-likeness (QED) is 0.862. The maximum absolute atomic E-state index is 11.9. The second kappa shape index (κ2) is 6.68. The summed E-state index contributed by atoms with van der Waals surface area (Å²) in [6.07, 6.45) is 3.87. The molecule has 2 aromatic rings. The molecule has 0 radical (unpaired) electrons. The Kier molecular flexibility index (Phi) is 4.46. The highest BCUT2D eigenvalue weighted by Crippen LogP contribution is 2.22. The number of anilines is 1. The second-order valence-electron chi connectivity index (χ2n) is 5.12. The third-order valence-electron chi connectivity index (χ3n) is 3.63. The predicted molar refractivity (Wildman–Crippen MR) is 82.4 cm³/mol. The maximum Gasteiger partial charge on any atom is 0.226 e. The summed E-state index contributed by atoms with van der Waals surface area (Å²) in [5, 5.41) is 21.7. The number of fused-ring (bicyclic) bond motifs is 1. The Morgan fingerprint density at radius 3 is 3.36 bits per heavy atom. The lowest BCUT2D eigenvalue weighted by atomic mass is 10.1. The molecule has 0 saturated heterocycles. The SMILES string of the molecule is N#Cc1ccsc1NC(=O)CCN[C@@H]1CCc2ncnn2C1. The minimum absolute atomic E-state index is 0.0799. The number of rotatable bonds is 5. The minimum Gasteiger partial charge on any atom is -0.317 e. The van der Waals surface area contributed by atoms with E-state index in [0.717, 1.165) is 25.2 Å². The fraction of sp³-hybridized carbons (Fsp3) is 0.429. The van der Waals surface area contributed by atoms with Crippen LogP contribution < -0.4 is 10.6 Å². The number of nitrogens with zero attached hydrogens (tertiary/aromatic N) is 4. The minimum atomic E-state index is -0.0799. The average Bonchev–Trinajstić information content (AvgIpc) is 3.15. The van der Waals surface area contributed by atoms with Gasteiger partial charge in [-0.1, -0.05) is 0 Å². The van der Waals surface area contributed by atoms with Crippen molar-refractivity contribution in [3.8, 4) is 6.07 Å². The molecule has 1 atom stereocenters. The van der Waals surface area contributed by atoms with Crippen LogP contribution in [0.2, 0.25) is 0 Å². The van der Waals surface area contributed by atoms with Crippen molar-refractivity contribution in [3.05, 3.63) is 29.2 Å². The fourth-order valence-corrected chi connectivity index (χ4v) is 3.23. The summed E-state index contributed by atoms with van der Waals surface area (Å²) < 4.78 is 1.91. The van der Waals surface area contributed by atoms with Crippen LogP contribution in [0.25, 0.3) is 0 Å². The summed E-state index contributed by atoms with van der Waals surface area (Å²) >= 11 is 1.36. The van der Waals surface area contributed by atoms with E-state index >= 15 is 0 Å². The number of carbonyl (C=O) groups excluding carboxylic acids is 1. The summed E-state index contributed by atoms with van der Waals surface area (Å²) in [5.74, 6) is 0.946. The van der Waals surface area contributed by atoms with Crippen LogP contribution in [0.3, 0.4) is 0 Å². The van der Waals surface area contributed by atoms with Gasteiger partial charge in [0.25, 0.3) is 0 Å². The van der Waals surface area contributed by atoms with Crippen molar-refractivity contribution >= 4 is 22.2 Å². The highest BCUT2D eigenvalue weighted by Gasteiger charge is 2.19. The van der Waals surface area contributed by atoms with E-state index in [2.05, 4.69) is 26.8 Å². The van der Waals surface area contributed by atoms with Crippen molar-refractivity contribution in [3.63, 3.8) is 0 Å². The zero-order chi connectivity index (χ0) is 15.4. The van der Waals surface area contributed by atoms with E-state index in [1.165, 1.54) is 11.3 Å². The molecular weight excluding hydrogens is 300 g/mol. The van der Waals surface area contributed by atoms with Crippen LogP contribution in [0.15, 0.2) is 17.8 Å². The third kappa shape index (κ3) is 3.32. The van der Waals surface area contributed by atoms with Gasteiger partial charge in [0.2, 0.25) is 5.91 Å². The fourth-order valence-electron chi connectivity index (χ4n) is 2.48. The van der Waals surface area contributed by atoms with Gasteiger partial charge < -0.3 is 10.6 Å². The van der Waals surface area contributed by atoms with E-state index in [9.17, 15) is 4.79 Å². The Morgan fingerprint density at radius 1 is 1.59 bits per heavy atom. The Balaban J connectivity index is 1.42. The van der Waals surface area contributed by atoms with Crippen LogP contribution in [-0.4, -0.2) is 33.3 Å². The van der Waals surface area contributed by atoms with Crippen molar-refractivity contribution in [1.29, 1.82) is 5.26 Å². The number of aromatic nitrogens is 3. The van der Waals surface area contributed by atoms with E-state index in [-0.39, 0.29) is 5.91 Å². The van der Waals surface area contributed by atoms with Crippen molar-refractivity contribution in [1.82, 2.24) is 20.1 Å². The lowest BCUT2D eigenvalue weighted by Gasteiger charge is -2.23. The standard InChI is InChI=1S/C14H16N6OS/c15-7-10-4-6-22-14(10)19-13(21)3-5-16-11-1-2-12-17-9-18-20(12)8-11/h4,6,9,11,16H,1-3,5,8H2,(H,19,21)/t11-/m1/s1. The molecular formula is C14H16N6OS. The van der Waals surface area contributed by atoms with E-state index in [1.807, 2.05) is 4.68 Å². The van der Waals surface area contributed by atoms with E-state index in [4.69, 9.17) is 5.26 Å². The van der Waals surface area contributed by atoms with Gasteiger partial charge in [0, 0.05) is 25.4 Å². The molecule has 2 N–H and O–H groups in total. The first-order valence-electron chi connectivity index (χ1n) is 7.14. The smallest absolute Gasteiger partial charge is 0.226 e. The molecule has 7 nitrogen and oxygen atoms in total. The topological polar surface area (TPSA) is 95.6 Å². The lowest BCUT2D eigenvalue weighted by molar-refractivity contribution is -0.116. The van der Waals surface area contributed by atoms with E-state index in [1.54, 1.807) is 17.8 Å². The molecule has 0 bridgehead atoms. The second-order valence-corrected chi connectivity index (χ2v) is 6.04. The first-order valence-corrected chi connectivity index (χ1v) is 8.01. The first kappa shape index (κ1) is 14.7. The number of nitriles is 1. The number of nitrogens with one attached hydrogen (secondary N) is 2. The molecule has 8 heteroatoms. The van der Waals surface area contributed by atoms with E-state index in [0.29, 0.717) is 29.6 Å². The predicted octanol–water partition coefficient (Wildman–Crippen LogP) is 1.14. The number of hydrogen-bond donors (Lipinski definition) is 2. The Labute approximate surface area is 132 Å². The van der Waals surface area contributed by atoms with Gasteiger partial charge in [-0.3, -0.25) is 4.79 Å². The summed E-state index contributed by atoms with van der Waals surface area (Å²) in [5.41, 5.74) is 0.511. The van der Waals surface area contributed by atoms with Crippen LogP contribution >= 0.6 is 11.3 Å². The molecule has 0 aromatic carbocycles. The molecule has 22 heavy (non-hydrogen) atoms. The zero-order valence-corrected chi connectivity index (χ0v) is 12.8. The normalized spacial score (nSPS) is 16.8. The van der Waals surface area contributed by atoms with Gasteiger partial charge in [0.05, 0.1) is 12.1 Å². The van der Waals surface area contributed by atoms with Crippen LogP contribution in [0.1, 0.15) is 24.2 Å². The van der Waals surface area contributed by atoms with Crippen LogP contribution in [0.4, 0.5) is 5.00 Å². The Morgan fingerprint density at radius 2 is 2.50 bits per heavy atom. The molecule has 1 aliphatic rings. The molecule has 1 aliphatic heterocycles. The van der Waals surface area contributed by atoms with Crippen molar-refractivity contribution in [2.45, 2.75) is 31.8 Å². The summed E-state index contributed by atoms with van der Waals surface area (Å²) in [4.78, 5) is 16.1. The molecule has 114 valence electrons. The maximum atomic E-state index is 11.9. The van der Waals surface area contributed by atoms with Gasteiger partial charge in [-0.05, 0) is 17.9 Å². The van der Waals surface area contributed by atoms with Gasteiger partial charge in [-0.15, -0.1) is 11.3 Å². The first-order chi connectivity index (χ1) is 10.8. The van der Waals surface area contributed by atoms with Gasteiger partial charge in [0.1, 0.15) is 23.2 Å². The summed E-state index contributed by atoms with van der Waals surface area (Å²) in [6.45, 7) is 1.40. The van der Waals surface area contributed by atoms with Crippen LogP contribution in [-0.2, 0) is 17.8 Å². The molecule has 0 aliphatic carbocycles. The van der Waals surface area contributed by atoms with Crippen molar-refractivity contribution in [2.24, 2.45) is 0 Å². The van der Waals surface area contributed by atoms with Crippen molar-refractivity contribution in [2.75, 3.05) is 11.9 Å². The average molecular weight is 316 g/mol. The van der Waals surface area contributed by atoms with E-state index < -0.39 is 0 Å². The highest BCUT2D eigenvalue weighted by molar-refractivity contribution is 7.14. The molecule has 3 rings (SSSR count). The molecule has 0 spiro atoms. The van der Waals surface area contributed by atoms with Gasteiger partial charge >= 0.3 is 0 Å². The Bertz CT molecular complexity index is 700. The number of aryl methyl sites for hydroxylation is 1. The third-order valence-corrected chi connectivity index (χ3v) is 4.46. The molecule has 3 heterocycles. The van der Waals surface area contributed by atoms with Gasteiger partial charge in [-0.25, -0.2) is 9.67 Å². The van der Waals surface area contributed by atoms with Crippen molar-refractivity contribution < 1.29 is 4.79 Å². The molecule has 0 saturated carbocycles. The molecule has 0 unspecified atom stereocenters. The number of amides is 1. The lowest BCUT2D eigenvalue weighted by Crippen LogP contribution is -2.39. The number of carbonyl (C=O) groups is 1. The van der Waals surface area contributed by atoms with Crippen LogP contribution in [0.5, 0.6) is 0 Å². The molecule has 0 fully saturated rings. The highest BCUT2D eigenvalue weighted by atomic mass is 32.1. The number of thiophene rings is 1.